The highest BCUT2D eigenvalue weighted by atomic mass is 35.5. The van der Waals surface area contributed by atoms with Gasteiger partial charge in [-0.05, 0) is 24.3 Å². The highest BCUT2D eigenvalue weighted by molar-refractivity contribution is 6.31. The van der Waals surface area contributed by atoms with Crippen LogP contribution in [0.5, 0.6) is 0 Å². The van der Waals surface area contributed by atoms with Crippen molar-refractivity contribution in [2.75, 3.05) is 5.73 Å². The summed E-state index contributed by atoms with van der Waals surface area (Å²) in [5.41, 5.74) is 7.57. The van der Waals surface area contributed by atoms with Gasteiger partial charge in [-0.1, -0.05) is 24.9 Å². The van der Waals surface area contributed by atoms with Gasteiger partial charge in [0.2, 0.25) is 5.95 Å². The zero-order chi connectivity index (χ0) is 12.9. The summed E-state index contributed by atoms with van der Waals surface area (Å²) in [6.07, 6.45) is 3.62. The second kappa shape index (κ2) is 3.85. The Morgan fingerprint density at radius 3 is 2.83 bits per heavy atom. The van der Waals surface area contributed by atoms with Crippen LogP contribution in [0, 0.1) is 11.2 Å². The molecule has 1 saturated carbocycles. The number of benzene rings is 1. The fourth-order valence-electron chi connectivity index (χ4n) is 2.63. The molecular formula is C13H15ClFN3. The predicted octanol–water partition coefficient (Wildman–Crippen LogP) is 3.60. The van der Waals surface area contributed by atoms with Crippen molar-refractivity contribution in [2.24, 2.45) is 5.41 Å². The highest BCUT2D eigenvalue weighted by Crippen LogP contribution is 2.42. The maximum Gasteiger partial charge on any atom is 0.201 e. The first-order valence-electron chi connectivity index (χ1n) is 6.09. The van der Waals surface area contributed by atoms with E-state index in [1.54, 1.807) is 0 Å². The molecule has 3 rings (SSSR count). The first-order chi connectivity index (χ1) is 8.48. The van der Waals surface area contributed by atoms with Crippen molar-refractivity contribution in [3.05, 3.63) is 23.0 Å². The lowest BCUT2D eigenvalue weighted by molar-refractivity contribution is 0.135. The zero-order valence-corrected chi connectivity index (χ0v) is 11.0. The predicted molar refractivity (Wildman–Crippen MR) is 71.1 cm³/mol. The standard InChI is InChI=1S/C13H15ClFN3/c1-13(3-2-4-13)7-18-11-6-9(15)8(14)5-10(11)17-12(18)16/h5-6H,2-4,7H2,1H3,(H2,16,17). The Hall–Kier alpha value is -1.29. The normalized spacial score (nSPS) is 17.9. The molecule has 0 radical (unpaired) electrons. The largest absolute Gasteiger partial charge is 0.369 e. The minimum atomic E-state index is -0.427. The Morgan fingerprint density at radius 1 is 1.50 bits per heavy atom. The average molecular weight is 268 g/mol. The number of hydrogen-bond acceptors (Lipinski definition) is 2. The molecule has 0 amide bonds. The van der Waals surface area contributed by atoms with E-state index in [0.29, 0.717) is 11.5 Å². The fourth-order valence-corrected chi connectivity index (χ4v) is 2.78. The SMILES string of the molecule is CC1(Cn2c(N)nc3cc(Cl)c(F)cc32)CCC1. The van der Waals surface area contributed by atoms with Crippen molar-refractivity contribution in [1.29, 1.82) is 0 Å². The topological polar surface area (TPSA) is 43.8 Å². The quantitative estimate of drug-likeness (QED) is 0.903. The number of imidazole rings is 1. The van der Waals surface area contributed by atoms with Crippen LogP contribution in [-0.4, -0.2) is 9.55 Å². The summed E-state index contributed by atoms with van der Waals surface area (Å²) in [7, 11) is 0. The van der Waals surface area contributed by atoms with Gasteiger partial charge in [0.1, 0.15) is 5.82 Å². The Labute approximate surface area is 110 Å². The number of nitrogen functional groups attached to an aromatic ring is 1. The van der Waals surface area contributed by atoms with E-state index < -0.39 is 5.82 Å². The smallest absolute Gasteiger partial charge is 0.201 e. The van der Waals surface area contributed by atoms with Gasteiger partial charge in [0.05, 0.1) is 16.1 Å². The number of rotatable bonds is 2. The summed E-state index contributed by atoms with van der Waals surface area (Å²) in [4.78, 5) is 4.25. The number of hydrogen-bond donors (Lipinski definition) is 1. The summed E-state index contributed by atoms with van der Waals surface area (Å²) >= 11 is 5.76. The number of nitrogens with two attached hydrogens (primary N) is 1. The van der Waals surface area contributed by atoms with Gasteiger partial charge >= 0.3 is 0 Å². The average Bonchev–Trinajstić information content (AvgIpc) is 2.55. The maximum atomic E-state index is 13.6. The zero-order valence-electron chi connectivity index (χ0n) is 10.2. The van der Waals surface area contributed by atoms with Crippen LogP contribution in [0.3, 0.4) is 0 Å². The molecule has 0 saturated heterocycles. The first kappa shape index (κ1) is 11.8. The molecule has 0 unspecified atom stereocenters. The van der Waals surface area contributed by atoms with Crippen LogP contribution in [0.1, 0.15) is 26.2 Å². The molecule has 2 aromatic rings. The third-order valence-electron chi connectivity index (χ3n) is 3.92. The Bertz CT molecular complexity index is 616. The molecule has 1 fully saturated rings. The summed E-state index contributed by atoms with van der Waals surface area (Å²) in [6, 6.07) is 2.95. The number of anilines is 1. The number of halogens is 2. The number of nitrogens with zero attached hydrogens (tertiary/aromatic N) is 2. The molecule has 1 aromatic heterocycles. The van der Waals surface area contributed by atoms with Crippen molar-refractivity contribution in [3.8, 4) is 0 Å². The van der Waals surface area contributed by atoms with Gasteiger partial charge in [-0.3, -0.25) is 0 Å². The van der Waals surface area contributed by atoms with Gasteiger partial charge in [0, 0.05) is 12.6 Å². The number of fused-ring (bicyclic) bond motifs is 1. The molecule has 0 atom stereocenters. The van der Waals surface area contributed by atoms with Gasteiger partial charge in [0.25, 0.3) is 0 Å². The monoisotopic (exact) mass is 267 g/mol. The molecule has 0 aliphatic heterocycles. The van der Waals surface area contributed by atoms with Crippen molar-refractivity contribution < 1.29 is 4.39 Å². The molecule has 1 aliphatic rings. The molecule has 1 heterocycles. The molecule has 5 heteroatoms. The molecule has 0 bridgehead atoms. The Kier molecular flexibility index (Phi) is 2.52. The van der Waals surface area contributed by atoms with Crippen molar-refractivity contribution >= 4 is 28.6 Å². The molecule has 2 N–H and O–H groups in total. The van der Waals surface area contributed by atoms with Crippen LogP contribution < -0.4 is 5.73 Å². The minimum absolute atomic E-state index is 0.0852. The molecular weight excluding hydrogens is 253 g/mol. The van der Waals surface area contributed by atoms with Gasteiger partial charge in [-0.15, -0.1) is 0 Å². The lowest BCUT2D eigenvalue weighted by Gasteiger charge is -2.38. The lowest BCUT2D eigenvalue weighted by Crippen LogP contribution is -2.31. The molecule has 0 spiro atoms. The van der Waals surface area contributed by atoms with E-state index in [1.807, 2.05) is 4.57 Å². The van der Waals surface area contributed by atoms with Crippen molar-refractivity contribution in [3.63, 3.8) is 0 Å². The van der Waals surface area contributed by atoms with E-state index in [9.17, 15) is 4.39 Å². The highest BCUT2D eigenvalue weighted by Gasteiger charge is 2.33. The summed E-state index contributed by atoms with van der Waals surface area (Å²) in [5.74, 6) is 0.00358. The molecule has 1 aromatic carbocycles. The van der Waals surface area contributed by atoms with E-state index in [-0.39, 0.29) is 10.4 Å². The van der Waals surface area contributed by atoms with Crippen LogP contribution in [0.25, 0.3) is 11.0 Å². The summed E-state index contributed by atoms with van der Waals surface area (Å²) in [6.45, 7) is 3.02. The third kappa shape index (κ3) is 1.75. The van der Waals surface area contributed by atoms with Gasteiger partial charge < -0.3 is 10.3 Å². The van der Waals surface area contributed by atoms with Crippen LogP contribution in [-0.2, 0) is 6.54 Å². The van der Waals surface area contributed by atoms with Crippen LogP contribution in [0.4, 0.5) is 10.3 Å². The molecule has 1 aliphatic carbocycles. The van der Waals surface area contributed by atoms with Crippen LogP contribution >= 0.6 is 11.6 Å². The Balaban J connectivity index is 2.10. The van der Waals surface area contributed by atoms with Crippen LogP contribution in [0.2, 0.25) is 5.02 Å². The lowest BCUT2D eigenvalue weighted by atomic mass is 9.70. The van der Waals surface area contributed by atoms with Crippen molar-refractivity contribution in [2.45, 2.75) is 32.7 Å². The second-order valence-electron chi connectivity index (χ2n) is 5.48. The molecule has 18 heavy (non-hydrogen) atoms. The minimum Gasteiger partial charge on any atom is -0.369 e. The van der Waals surface area contributed by atoms with Gasteiger partial charge in [0.15, 0.2) is 0 Å². The first-order valence-corrected chi connectivity index (χ1v) is 6.47. The maximum absolute atomic E-state index is 13.6. The molecule has 3 nitrogen and oxygen atoms in total. The van der Waals surface area contributed by atoms with Gasteiger partial charge in [-0.25, -0.2) is 9.37 Å². The van der Waals surface area contributed by atoms with Crippen molar-refractivity contribution in [1.82, 2.24) is 9.55 Å². The van der Waals surface area contributed by atoms with E-state index in [1.165, 1.54) is 31.4 Å². The second-order valence-corrected chi connectivity index (χ2v) is 5.88. The summed E-state index contributed by atoms with van der Waals surface area (Å²) < 4.78 is 15.4. The fraction of sp³-hybridized carbons (Fsp3) is 0.462. The van der Waals surface area contributed by atoms with Gasteiger partial charge in [-0.2, -0.15) is 0 Å². The van der Waals surface area contributed by atoms with E-state index in [2.05, 4.69) is 11.9 Å². The summed E-state index contributed by atoms with van der Waals surface area (Å²) in [5, 5.41) is 0.0852. The molecule has 96 valence electrons. The van der Waals surface area contributed by atoms with Crippen LogP contribution in [0.15, 0.2) is 12.1 Å². The third-order valence-corrected chi connectivity index (χ3v) is 4.21. The van der Waals surface area contributed by atoms with E-state index in [0.717, 1.165) is 12.1 Å². The van der Waals surface area contributed by atoms with E-state index in [4.69, 9.17) is 17.3 Å². The van der Waals surface area contributed by atoms with E-state index >= 15 is 0 Å². The Morgan fingerprint density at radius 2 is 2.22 bits per heavy atom. The number of aromatic nitrogens is 2.